The Kier molecular flexibility index (Phi) is 4.52. The summed E-state index contributed by atoms with van der Waals surface area (Å²) in [5.41, 5.74) is 1.94. The molecule has 18 heavy (non-hydrogen) atoms. The normalized spacial score (nSPS) is 10.1. The Bertz CT molecular complexity index is 519. The maximum absolute atomic E-state index is 5.62. The number of ether oxygens (including phenoxy) is 1. The van der Waals surface area contributed by atoms with Crippen molar-refractivity contribution in [2.45, 2.75) is 13.5 Å². The van der Waals surface area contributed by atoms with Gasteiger partial charge in [-0.25, -0.2) is 0 Å². The molecule has 2 aromatic heterocycles. The van der Waals surface area contributed by atoms with Crippen molar-refractivity contribution in [3.05, 3.63) is 47.0 Å². The van der Waals surface area contributed by atoms with Crippen LogP contribution in [0.3, 0.4) is 0 Å². The average molecular weight is 308 g/mol. The van der Waals surface area contributed by atoms with Gasteiger partial charge in [-0.2, -0.15) is 0 Å². The van der Waals surface area contributed by atoms with Crippen LogP contribution >= 0.6 is 15.9 Å². The molecule has 0 radical (unpaired) electrons. The standard InChI is InChI=1S/C13H14BrN3O/c1-2-16-11-3-4-17-12(6-11)9-18-13-5-10(14)7-15-8-13/h3-8H,2,9H2,1H3,(H,16,17). The number of aromatic nitrogens is 2. The smallest absolute Gasteiger partial charge is 0.139 e. The van der Waals surface area contributed by atoms with Gasteiger partial charge in [0, 0.05) is 29.1 Å². The van der Waals surface area contributed by atoms with Crippen LogP contribution < -0.4 is 10.1 Å². The van der Waals surface area contributed by atoms with Crippen LogP contribution in [0.25, 0.3) is 0 Å². The Hall–Kier alpha value is -1.62. The molecule has 4 nitrogen and oxygen atoms in total. The van der Waals surface area contributed by atoms with Crippen LogP contribution in [-0.4, -0.2) is 16.5 Å². The Morgan fingerprint density at radius 3 is 3.00 bits per heavy atom. The van der Waals surface area contributed by atoms with Crippen molar-refractivity contribution >= 4 is 21.6 Å². The van der Waals surface area contributed by atoms with Gasteiger partial charge >= 0.3 is 0 Å². The number of rotatable bonds is 5. The van der Waals surface area contributed by atoms with E-state index in [4.69, 9.17) is 4.74 Å². The van der Waals surface area contributed by atoms with Gasteiger partial charge in [-0.05, 0) is 41.1 Å². The third-order valence-corrected chi connectivity index (χ3v) is 2.70. The molecule has 0 bridgehead atoms. The zero-order chi connectivity index (χ0) is 12.8. The third-order valence-electron chi connectivity index (χ3n) is 2.26. The summed E-state index contributed by atoms with van der Waals surface area (Å²) >= 11 is 3.35. The van der Waals surface area contributed by atoms with E-state index in [9.17, 15) is 0 Å². The first-order valence-corrected chi connectivity index (χ1v) is 6.49. The maximum atomic E-state index is 5.62. The van der Waals surface area contributed by atoms with E-state index < -0.39 is 0 Å². The fraction of sp³-hybridized carbons (Fsp3) is 0.231. The Balaban J connectivity index is 1.99. The molecular formula is C13H14BrN3O. The largest absolute Gasteiger partial charge is 0.486 e. The Labute approximate surface area is 115 Å². The van der Waals surface area contributed by atoms with E-state index >= 15 is 0 Å². The number of halogens is 1. The van der Waals surface area contributed by atoms with Crippen LogP contribution in [-0.2, 0) is 6.61 Å². The molecule has 0 spiro atoms. The summed E-state index contributed by atoms with van der Waals surface area (Å²) in [6.07, 6.45) is 5.17. The number of nitrogens with one attached hydrogen (secondary N) is 1. The molecular weight excluding hydrogens is 294 g/mol. The molecule has 5 heteroatoms. The fourth-order valence-electron chi connectivity index (χ4n) is 1.50. The molecule has 2 rings (SSSR count). The summed E-state index contributed by atoms with van der Waals surface area (Å²) in [5, 5.41) is 3.24. The van der Waals surface area contributed by atoms with E-state index in [1.54, 1.807) is 18.6 Å². The topological polar surface area (TPSA) is 47.0 Å². The molecule has 0 amide bonds. The lowest BCUT2D eigenvalue weighted by Crippen LogP contribution is -2.01. The molecule has 0 aliphatic carbocycles. The minimum Gasteiger partial charge on any atom is -0.486 e. The molecule has 94 valence electrons. The minimum atomic E-state index is 0.428. The second-order valence-electron chi connectivity index (χ2n) is 3.69. The quantitative estimate of drug-likeness (QED) is 0.921. The number of anilines is 1. The fourth-order valence-corrected chi connectivity index (χ4v) is 1.84. The molecule has 0 aromatic carbocycles. The van der Waals surface area contributed by atoms with Crippen LogP contribution in [0.15, 0.2) is 41.3 Å². The van der Waals surface area contributed by atoms with E-state index in [-0.39, 0.29) is 0 Å². The predicted molar refractivity (Wildman–Crippen MR) is 74.7 cm³/mol. The van der Waals surface area contributed by atoms with Gasteiger partial charge in [-0.1, -0.05) is 0 Å². The van der Waals surface area contributed by atoms with Crippen LogP contribution in [0.1, 0.15) is 12.6 Å². The average Bonchev–Trinajstić information content (AvgIpc) is 2.37. The molecule has 0 aliphatic heterocycles. The van der Waals surface area contributed by atoms with Crippen molar-refractivity contribution in [2.24, 2.45) is 0 Å². The van der Waals surface area contributed by atoms with Gasteiger partial charge in [0.2, 0.25) is 0 Å². The first kappa shape index (κ1) is 12.8. The Morgan fingerprint density at radius 1 is 1.33 bits per heavy atom. The van der Waals surface area contributed by atoms with Gasteiger partial charge in [-0.3, -0.25) is 9.97 Å². The summed E-state index contributed by atoms with van der Waals surface area (Å²) in [5.74, 6) is 0.722. The van der Waals surface area contributed by atoms with Crippen molar-refractivity contribution < 1.29 is 4.74 Å². The van der Waals surface area contributed by atoms with Crippen LogP contribution in [0.2, 0.25) is 0 Å². The first-order chi connectivity index (χ1) is 8.78. The third kappa shape index (κ3) is 3.70. The van der Waals surface area contributed by atoms with Gasteiger partial charge in [0.05, 0.1) is 11.9 Å². The molecule has 0 unspecified atom stereocenters. The lowest BCUT2D eigenvalue weighted by molar-refractivity contribution is 0.300. The minimum absolute atomic E-state index is 0.428. The highest BCUT2D eigenvalue weighted by Gasteiger charge is 2.00. The number of pyridine rings is 2. The highest BCUT2D eigenvalue weighted by atomic mass is 79.9. The van der Waals surface area contributed by atoms with Crippen molar-refractivity contribution in [3.8, 4) is 5.75 Å². The monoisotopic (exact) mass is 307 g/mol. The van der Waals surface area contributed by atoms with Gasteiger partial charge < -0.3 is 10.1 Å². The van der Waals surface area contributed by atoms with E-state index in [0.717, 1.165) is 28.1 Å². The second kappa shape index (κ2) is 6.35. The van der Waals surface area contributed by atoms with E-state index in [0.29, 0.717) is 6.61 Å². The molecule has 0 atom stereocenters. The van der Waals surface area contributed by atoms with Gasteiger partial charge in [0.1, 0.15) is 12.4 Å². The lowest BCUT2D eigenvalue weighted by Gasteiger charge is -2.07. The molecule has 0 aliphatic rings. The van der Waals surface area contributed by atoms with Crippen LogP contribution in [0.5, 0.6) is 5.75 Å². The van der Waals surface area contributed by atoms with E-state index in [2.05, 4.69) is 38.1 Å². The van der Waals surface area contributed by atoms with Gasteiger partial charge in [-0.15, -0.1) is 0 Å². The van der Waals surface area contributed by atoms with Crippen LogP contribution in [0.4, 0.5) is 5.69 Å². The highest BCUT2D eigenvalue weighted by Crippen LogP contribution is 2.17. The molecule has 2 heterocycles. The van der Waals surface area contributed by atoms with Crippen molar-refractivity contribution in [3.63, 3.8) is 0 Å². The zero-order valence-electron chi connectivity index (χ0n) is 10.1. The first-order valence-electron chi connectivity index (χ1n) is 5.70. The SMILES string of the molecule is CCNc1ccnc(COc2cncc(Br)c2)c1. The number of hydrogen-bond donors (Lipinski definition) is 1. The zero-order valence-corrected chi connectivity index (χ0v) is 11.6. The summed E-state index contributed by atoms with van der Waals surface area (Å²) in [6, 6.07) is 5.80. The summed E-state index contributed by atoms with van der Waals surface area (Å²) in [4.78, 5) is 8.30. The lowest BCUT2D eigenvalue weighted by atomic mass is 10.3. The molecule has 1 N–H and O–H groups in total. The van der Waals surface area contributed by atoms with Gasteiger partial charge in [0.25, 0.3) is 0 Å². The van der Waals surface area contributed by atoms with Crippen molar-refractivity contribution in [2.75, 3.05) is 11.9 Å². The molecule has 0 fully saturated rings. The van der Waals surface area contributed by atoms with Gasteiger partial charge in [0.15, 0.2) is 0 Å². The van der Waals surface area contributed by atoms with E-state index in [1.807, 2.05) is 18.2 Å². The van der Waals surface area contributed by atoms with Crippen molar-refractivity contribution in [1.82, 2.24) is 9.97 Å². The van der Waals surface area contributed by atoms with E-state index in [1.165, 1.54) is 0 Å². The number of nitrogens with zero attached hydrogens (tertiary/aromatic N) is 2. The highest BCUT2D eigenvalue weighted by molar-refractivity contribution is 9.10. The second-order valence-corrected chi connectivity index (χ2v) is 4.61. The summed E-state index contributed by atoms with van der Waals surface area (Å²) in [7, 11) is 0. The molecule has 0 saturated carbocycles. The van der Waals surface area contributed by atoms with Crippen molar-refractivity contribution in [1.29, 1.82) is 0 Å². The molecule has 2 aromatic rings. The predicted octanol–water partition coefficient (Wildman–Crippen LogP) is 3.25. The maximum Gasteiger partial charge on any atom is 0.139 e. The molecule has 0 saturated heterocycles. The number of hydrogen-bond acceptors (Lipinski definition) is 4. The summed E-state index contributed by atoms with van der Waals surface area (Å²) in [6.45, 7) is 3.38. The van der Waals surface area contributed by atoms with Crippen LogP contribution in [0, 0.1) is 0 Å². The Morgan fingerprint density at radius 2 is 2.22 bits per heavy atom. The summed E-state index contributed by atoms with van der Waals surface area (Å²) < 4.78 is 6.52.